The van der Waals surface area contributed by atoms with Gasteiger partial charge in [-0.25, -0.2) is 0 Å². The summed E-state index contributed by atoms with van der Waals surface area (Å²) in [4.78, 5) is 2.70. The van der Waals surface area contributed by atoms with E-state index in [0.717, 1.165) is 36.1 Å². The molecule has 0 aromatic carbocycles. The molecule has 19 heavy (non-hydrogen) atoms. The molecule has 1 atom stereocenters. The Bertz CT molecular complexity index is 299. The zero-order valence-corrected chi connectivity index (χ0v) is 12.3. The van der Waals surface area contributed by atoms with Gasteiger partial charge in [-0.1, -0.05) is 0 Å². The Hall–Kier alpha value is -0.0800. The van der Waals surface area contributed by atoms with Crippen LogP contribution in [0.3, 0.4) is 0 Å². The van der Waals surface area contributed by atoms with E-state index < -0.39 is 0 Å². The zero-order valence-electron chi connectivity index (χ0n) is 12.3. The molecule has 2 N–H and O–H groups in total. The lowest BCUT2D eigenvalue weighted by Crippen LogP contribution is -2.46. The van der Waals surface area contributed by atoms with E-state index >= 15 is 0 Å². The Morgan fingerprint density at radius 1 is 0.947 bits per heavy atom. The molecule has 4 bridgehead atoms. The van der Waals surface area contributed by atoms with E-state index in [-0.39, 0.29) is 0 Å². The van der Waals surface area contributed by atoms with Crippen LogP contribution in [0.2, 0.25) is 0 Å². The minimum absolute atomic E-state index is 0.705. The summed E-state index contributed by atoms with van der Waals surface area (Å²) in [6.45, 7) is 3.53. The van der Waals surface area contributed by atoms with Crippen LogP contribution in [0.25, 0.3) is 0 Å². The summed E-state index contributed by atoms with van der Waals surface area (Å²) in [6.07, 6.45) is 12.1. The van der Waals surface area contributed by atoms with Crippen molar-refractivity contribution in [2.45, 2.75) is 57.4 Å². The summed E-state index contributed by atoms with van der Waals surface area (Å²) in [6, 6.07) is 0.705. The fourth-order valence-electron chi connectivity index (χ4n) is 6.28. The van der Waals surface area contributed by atoms with Crippen LogP contribution in [0.15, 0.2) is 0 Å². The minimum Gasteiger partial charge on any atom is -0.329 e. The highest BCUT2D eigenvalue weighted by molar-refractivity contribution is 4.98. The molecule has 1 aliphatic heterocycles. The number of hydrogen-bond donors (Lipinski definition) is 1. The van der Waals surface area contributed by atoms with Crippen LogP contribution in [0.1, 0.15) is 51.4 Å². The first kappa shape index (κ1) is 12.6. The van der Waals surface area contributed by atoms with Crippen molar-refractivity contribution in [3.8, 4) is 0 Å². The molecule has 1 saturated heterocycles. The van der Waals surface area contributed by atoms with Gasteiger partial charge in [0.25, 0.3) is 0 Å². The molecule has 108 valence electrons. The van der Waals surface area contributed by atoms with Gasteiger partial charge in [0, 0.05) is 12.6 Å². The number of hydrogen-bond acceptors (Lipinski definition) is 2. The van der Waals surface area contributed by atoms with Crippen molar-refractivity contribution in [2.24, 2.45) is 35.3 Å². The molecule has 5 fully saturated rings. The number of nitrogens with zero attached hydrogens (tertiary/aromatic N) is 1. The van der Waals surface area contributed by atoms with Gasteiger partial charge in [-0.05, 0) is 94.0 Å². The van der Waals surface area contributed by atoms with Crippen molar-refractivity contribution in [3.05, 3.63) is 0 Å². The molecular formula is C17H30N2. The van der Waals surface area contributed by atoms with Crippen molar-refractivity contribution in [1.29, 1.82) is 0 Å². The van der Waals surface area contributed by atoms with Crippen molar-refractivity contribution in [3.63, 3.8) is 0 Å². The van der Waals surface area contributed by atoms with Crippen molar-refractivity contribution < 1.29 is 0 Å². The van der Waals surface area contributed by atoms with Gasteiger partial charge >= 0.3 is 0 Å². The molecular weight excluding hydrogens is 232 g/mol. The maximum atomic E-state index is 5.91. The lowest BCUT2D eigenvalue weighted by molar-refractivity contribution is -0.0428. The first-order valence-electron chi connectivity index (χ1n) is 8.77. The molecule has 0 aromatic rings. The highest BCUT2D eigenvalue weighted by atomic mass is 15.2. The third kappa shape index (κ3) is 2.25. The molecule has 4 saturated carbocycles. The fourth-order valence-corrected chi connectivity index (χ4v) is 6.28. The molecule has 1 unspecified atom stereocenters. The molecule has 5 rings (SSSR count). The van der Waals surface area contributed by atoms with Gasteiger partial charge in [-0.2, -0.15) is 0 Å². The Balaban J connectivity index is 1.36. The van der Waals surface area contributed by atoms with Gasteiger partial charge in [0.2, 0.25) is 0 Å². The molecule has 4 aliphatic carbocycles. The average molecular weight is 262 g/mol. The lowest BCUT2D eigenvalue weighted by Gasteiger charge is -2.55. The quantitative estimate of drug-likeness (QED) is 0.844. The third-order valence-corrected chi connectivity index (χ3v) is 6.94. The summed E-state index contributed by atoms with van der Waals surface area (Å²) >= 11 is 0. The Kier molecular flexibility index (Phi) is 3.35. The van der Waals surface area contributed by atoms with Crippen LogP contribution >= 0.6 is 0 Å². The minimum atomic E-state index is 0.705. The fraction of sp³-hybridized carbons (Fsp3) is 1.00. The molecule has 5 aliphatic rings. The van der Waals surface area contributed by atoms with E-state index in [1.54, 1.807) is 32.1 Å². The predicted octanol–water partition coefficient (Wildman–Crippen LogP) is 2.87. The Labute approximate surface area is 118 Å². The van der Waals surface area contributed by atoms with Gasteiger partial charge in [0.15, 0.2) is 0 Å². The maximum Gasteiger partial charge on any atom is 0.0218 e. The smallest absolute Gasteiger partial charge is 0.0218 e. The lowest BCUT2D eigenvalue weighted by atomic mass is 9.51. The van der Waals surface area contributed by atoms with Crippen LogP contribution in [0.5, 0.6) is 0 Å². The van der Waals surface area contributed by atoms with Gasteiger partial charge in [0.05, 0.1) is 0 Å². The summed E-state index contributed by atoms with van der Waals surface area (Å²) in [5.41, 5.74) is 5.91. The highest BCUT2D eigenvalue weighted by Gasteiger charge is 2.47. The monoisotopic (exact) mass is 262 g/mol. The standard InChI is InChI=1S/C17H30N2/c18-11-16-2-1-4-19(16)5-3-17-14-7-12-6-13(9-14)10-15(17)8-12/h12-17H,1-11,18H2. The van der Waals surface area contributed by atoms with Gasteiger partial charge in [-0.3, -0.25) is 4.90 Å². The summed E-state index contributed by atoms with van der Waals surface area (Å²) in [7, 11) is 0. The second kappa shape index (κ2) is 5.04. The normalized spacial score (nSPS) is 49.1. The topological polar surface area (TPSA) is 29.3 Å². The third-order valence-electron chi connectivity index (χ3n) is 6.94. The molecule has 1 heterocycles. The number of likely N-dealkylation sites (tertiary alicyclic amines) is 1. The summed E-state index contributed by atoms with van der Waals surface area (Å²) < 4.78 is 0. The van der Waals surface area contributed by atoms with Crippen molar-refractivity contribution >= 4 is 0 Å². The van der Waals surface area contributed by atoms with Crippen molar-refractivity contribution in [1.82, 2.24) is 4.90 Å². The molecule has 2 heteroatoms. The second-order valence-electron chi connectivity index (χ2n) is 7.95. The number of rotatable bonds is 4. The molecule has 0 radical (unpaired) electrons. The molecule has 0 spiro atoms. The van der Waals surface area contributed by atoms with Gasteiger partial charge in [0.1, 0.15) is 0 Å². The zero-order chi connectivity index (χ0) is 12.8. The number of nitrogens with two attached hydrogens (primary N) is 1. The summed E-state index contributed by atoms with van der Waals surface area (Å²) in [5, 5.41) is 0. The van der Waals surface area contributed by atoms with E-state index in [1.807, 2.05) is 0 Å². The van der Waals surface area contributed by atoms with Crippen LogP contribution in [-0.2, 0) is 0 Å². The predicted molar refractivity (Wildman–Crippen MR) is 78.8 cm³/mol. The van der Waals surface area contributed by atoms with Gasteiger partial charge in [-0.15, -0.1) is 0 Å². The van der Waals surface area contributed by atoms with E-state index in [2.05, 4.69) is 4.90 Å². The molecule has 0 aromatic heterocycles. The van der Waals surface area contributed by atoms with E-state index in [9.17, 15) is 0 Å². The average Bonchev–Trinajstić information content (AvgIpc) is 2.84. The Morgan fingerprint density at radius 2 is 1.63 bits per heavy atom. The van der Waals surface area contributed by atoms with Crippen LogP contribution in [-0.4, -0.2) is 30.6 Å². The Morgan fingerprint density at radius 3 is 2.26 bits per heavy atom. The van der Waals surface area contributed by atoms with E-state index in [1.165, 1.54) is 32.4 Å². The summed E-state index contributed by atoms with van der Waals surface area (Å²) in [5.74, 6) is 5.54. The molecule has 2 nitrogen and oxygen atoms in total. The van der Waals surface area contributed by atoms with E-state index in [4.69, 9.17) is 5.73 Å². The SMILES string of the molecule is NCC1CCCN1CCC1C2CC3CC(C2)CC1C3. The molecule has 0 amide bonds. The maximum absolute atomic E-state index is 5.91. The van der Waals surface area contributed by atoms with Crippen LogP contribution in [0.4, 0.5) is 0 Å². The first-order chi connectivity index (χ1) is 9.33. The van der Waals surface area contributed by atoms with Crippen LogP contribution in [0, 0.1) is 29.6 Å². The first-order valence-corrected chi connectivity index (χ1v) is 8.77. The van der Waals surface area contributed by atoms with Crippen molar-refractivity contribution in [2.75, 3.05) is 19.6 Å². The largest absolute Gasteiger partial charge is 0.329 e. The van der Waals surface area contributed by atoms with Gasteiger partial charge < -0.3 is 5.73 Å². The highest BCUT2D eigenvalue weighted by Crippen LogP contribution is 2.57. The second-order valence-corrected chi connectivity index (χ2v) is 7.95. The van der Waals surface area contributed by atoms with Crippen LogP contribution < -0.4 is 5.73 Å². The van der Waals surface area contributed by atoms with E-state index in [0.29, 0.717) is 6.04 Å².